The lowest BCUT2D eigenvalue weighted by Crippen LogP contribution is -2.48. The molecule has 0 saturated carbocycles. The monoisotopic (exact) mass is 393 g/mol. The van der Waals surface area contributed by atoms with Crippen LogP contribution in [0.4, 0.5) is 10.1 Å². The van der Waals surface area contributed by atoms with Crippen LogP contribution in [0.3, 0.4) is 0 Å². The molecule has 0 saturated heterocycles. The van der Waals surface area contributed by atoms with E-state index >= 15 is 0 Å². The minimum Gasteiger partial charge on any atom is -0.347 e. The number of carbonyl (C=O) groups excluding carboxylic acids is 2. The van der Waals surface area contributed by atoms with Gasteiger partial charge in [-0.15, -0.1) is 0 Å². The van der Waals surface area contributed by atoms with Gasteiger partial charge in [0.1, 0.15) is 6.29 Å². The van der Waals surface area contributed by atoms with E-state index in [1.807, 2.05) is 60.7 Å². The Hall–Kier alpha value is -3.05. The lowest BCUT2D eigenvalue weighted by Gasteiger charge is -2.40. The molecule has 150 valence electrons. The Labute approximate surface area is 170 Å². The summed E-state index contributed by atoms with van der Waals surface area (Å²) >= 11 is 0. The maximum absolute atomic E-state index is 14.2. The molecule has 1 aliphatic carbocycles. The first-order chi connectivity index (χ1) is 14.0. The predicted molar refractivity (Wildman–Crippen MR) is 111 cm³/mol. The highest BCUT2D eigenvalue weighted by atomic mass is 19.1. The van der Waals surface area contributed by atoms with Crippen molar-refractivity contribution in [3.63, 3.8) is 0 Å². The van der Waals surface area contributed by atoms with Crippen LogP contribution >= 0.6 is 0 Å². The minimum absolute atomic E-state index is 0.107. The average Bonchev–Trinajstić information content (AvgIpc) is 2.77. The van der Waals surface area contributed by atoms with Crippen LogP contribution in [0.2, 0.25) is 0 Å². The van der Waals surface area contributed by atoms with Crippen molar-refractivity contribution in [3.05, 3.63) is 90.3 Å². The van der Waals surface area contributed by atoms with E-state index in [1.54, 1.807) is 11.9 Å². The molecule has 2 aromatic rings. The Kier molecular flexibility index (Phi) is 6.73. The van der Waals surface area contributed by atoms with Gasteiger partial charge in [-0.1, -0.05) is 48.5 Å². The summed E-state index contributed by atoms with van der Waals surface area (Å²) in [6.45, 7) is 0.107. The number of aryl methyl sites for hydroxylation is 1. The van der Waals surface area contributed by atoms with Gasteiger partial charge in [0.25, 0.3) is 0 Å². The topological polar surface area (TPSA) is 46.6 Å². The molecule has 0 bridgehead atoms. The first-order valence-electron chi connectivity index (χ1n) is 9.58. The van der Waals surface area contributed by atoms with Gasteiger partial charge in [-0.2, -0.15) is 0 Å². The molecule has 4 nitrogen and oxygen atoms in total. The van der Waals surface area contributed by atoms with Crippen LogP contribution in [0, 0.1) is 5.92 Å². The van der Waals surface area contributed by atoms with Gasteiger partial charge in [-0.05, 0) is 42.7 Å². The third-order valence-electron chi connectivity index (χ3n) is 5.08. The molecule has 29 heavy (non-hydrogen) atoms. The molecule has 0 heterocycles. The van der Waals surface area contributed by atoms with Crippen LogP contribution in [0.25, 0.3) is 0 Å². The van der Waals surface area contributed by atoms with Crippen molar-refractivity contribution in [2.45, 2.75) is 18.6 Å². The molecule has 0 spiro atoms. The number of hydrogen-bond acceptors (Lipinski definition) is 4. The van der Waals surface area contributed by atoms with Crippen molar-refractivity contribution >= 4 is 17.8 Å². The third kappa shape index (κ3) is 5.06. The number of ketones is 1. The number of aldehydes is 1. The zero-order valence-electron chi connectivity index (χ0n) is 16.3. The summed E-state index contributed by atoms with van der Waals surface area (Å²) in [5, 5.41) is 0. The average molecular weight is 393 g/mol. The van der Waals surface area contributed by atoms with E-state index in [2.05, 4.69) is 0 Å². The fourth-order valence-corrected chi connectivity index (χ4v) is 3.25. The number of benzene rings is 2. The second-order valence-corrected chi connectivity index (χ2v) is 7.07. The number of para-hydroxylation sites is 1. The molecule has 0 amide bonds. The molecule has 0 aliphatic heterocycles. The molecule has 1 aliphatic rings. The van der Waals surface area contributed by atoms with Gasteiger partial charge < -0.3 is 14.4 Å². The number of ether oxygens (including phenoxy) is 1. The summed E-state index contributed by atoms with van der Waals surface area (Å²) in [7, 11) is 1.76. The minimum atomic E-state index is -1.28. The molecule has 2 atom stereocenters. The SMILES string of the molecule is CN(c1ccccc1)C1(OCC(C=O)CCc2ccccc2)C=CC(=O)C(F)=C1. The second kappa shape index (κ2) is 9.43. The third-order valence-corrected chi connectivity index (χ3v) is 5.08. The fraction of sp³-hybridized carbons (Fsp3) is 0.250. The van der Waals surface area contributed by atoms with Gasteiger partial charge in [0.15, 0.2) is 11.6 Å². The van der Waals surface area contributed by atoms with Crippen molar-refractivity contribution in [3.8, 4) is 0 Å². The molecule has 0 fully saturated rings. The maximum atomic E-state index is 14.2. The molecule has 5 heteroatoms. The van der Waals surface area contributed by atoms with Crippen LogP contribution in [0.1, 0.15) is 12.0 Å². The first-order valence-corrected chi connectivity index (χ1v) is 9.58. The Bertz CT molecular complexity index is 895. The molecule has 2 aromatic carbocycles. The fourth-order valence-electron chi connectivity index (χ4n) is 3.25. The van der Waals surface area contributed by atoms with E-state index in [0.29, 0.717) is 6.42 Å². The summed E-state index contributed by atoms with van der Waals surface area (Å²) in [5.41, 5.74) is 0.653. The standard InChI is InChI=1S/C24H24FNO3/c1-26(21-10-6-3-7-11-21)24(15-14-23(28)22(25)16-24)29-18-20(17-27)13-12-19-8-4-2-5-9-19/h2-11,14-17,20H,12-13,18H2,1H3. The molecule has 2 unspecified atom stereocenters. The number of likely N-dealkylation sites (N-methyl/N-ethyl adjacent to an activating group) is 1. The van der Waals surface area contributed by atoms with Gasteiger partial charge >= 0.3 is 0 Å². The normalized spacial score (nSPS) is 19.5. The summed E-state index contributed by atoms with van der Waals surface area (Å²) < 4.78 is 20.3. The summed E-state index contributed by atoms with van der Waals surface area (Å²) in [6.07, 6.45) is 6.11. The number of anilines is 1. The van der Waals surface area contributed by atoms with Crippen molar-refractivity contribution in [2.75, 3.05) is 18.6 Å². The zero-order chi connectivity index (χ0) is 20.7. The number of hydrogen-bond donors (Lipinski definition) is 0. The van der Waals surface area contributed by atoms with Crippen LogP contribution in [0.15, 0.2) is 84.7 Å². The lowest BCUT2D eigenvalue weighted by atomic mass is 10.00. The number of allylic oxidation sites excluding steroid dienone is 2. The van der Waals surface area contributed by atoms with Crippen molar-refractivity contribution in [1.29, 1.82) is 0 Å². The Morgan fingerprint density at radius 1 is 1.10 bits per heavy atom. The summed E-state index contributed by atoms with van der Waals surface area (Å²) in [4.78, 5) is 25.0. The van der Waals surface area contributed by atoms with Gasteiger partial charge in [0.05, 0.1) is 6.61 Å². The van der Waals surface area contributed by atoms with Crippen LogP contribution in [0.5, 0.6) is 0 Å². The number of rotatable bonds is 9. The van der Waals surface area contributed by atoms with Gasteiger partial charge in [-0.3, -0.25) is 4.79 Å². The lowest BCUT2D eigenvalue weighted by molar-refractivity contribution is -0.116. The first kappa shape index (κ1) is 20.7. The number of nitrogens with zero attached hydrogens (tertiary/aromatic N) is 1. The Morgan fingerprint density at radius 2 is 1.76 bits per heavy atom. The van der Waals surface area contributed by atoms with Crippen LogP contribution < -0.4 is 4.90 Å². The quantitative estimate of drug-likeness (QED) is 0.471. The molecule has 0 radical (unpaired) electrons. The number of carbonyl (C=O) groups is 2. The molecular weight excluding hydrogens is 369 g/mol. The van der Waals surface area contributed by atoms with Gasteiger partial charge in [0, 0.05) is 24.7 Å². The summed E-state index contributed by atoms with van der Waals surface area (Å²) in [6, 6.07) is 19.3. The van der Waals surface area contributed by atoms with Crippen LogP contribution in [-0.2, 0) is 20.7 Å². The highest BCUT2D eigenvalue weighted by Gasteiger charge is 2.36. The van der Waals surface area contributed by atoms with Crippen LogP contribution in [-0.4, -0.2) is 31.4 Å². The van der Waals surface area contributed by atoms with Crippen molar-refractivity contribution in [2.24, 2.45) is 5.92 Å². The predicted octanol–water partition coefficient (Wildman–Crippen LogP) is 4.28. The highest BCUT2D eigenvalue weighted by molar-refractivity contribution is 6.03. The van der Waals surface area contributed by atoms with E-state index in [9.17, 15) is 14.0 Å². The molecule has 0 aromatic heterocycles. The maximum Gasteiger partial charge on any atom is 0.213 e. The van der Waals surface area contributed by atoms with E-state index in [4.69, 9.17) is 4.74 Å². The number of halogens is 1. The van der Waals surface area contributed by atoms with E-state index in [-0.39, 0.29) is 12.5 Å². The van der Waals surface area contributed by atoms with Crippen molar-refractivity contribution in [1.82, 2.24) is 0 Å². The van der Waals surface area contributed by atoms with E-state index in [1.165, 1.54) is 18.2 Å². The summed E-state index contributed by atoms with van der Waals surface area (Å²) in [5.74, 6) is -1.91. The largest absolute Gasteiger partial charge is 0.347 e. The smallest absolute Gasteiger partial charge is 0.213 e. The van der Waals surface area contributed by atoms with E-state index < -0.39 is 17.3 Å². The Morgan fingerprint density at radius 3 is 2.38 bits per heavy atom. The van der Waals surface area contributed by atoms with Gasteiger partial charge in [0.2, 0.25) is 5.78 Å². The van der Waals surface area contributed by atoms with Gasteiger partial charge in [-0.25, -0.2) is 4.39 Å². The van der Waals surface area contributed by atoms with E-state index in [0.717, 1.165) is 24.0 Å². The molecule has 0 N–H and O–H groups in total. The van der Waals surface area contributed by atoms with Crippen molar-refractivity contribution < 1.29 is 18.7 Å². The molecular formula is C24H24FNO3. The second-order valence-electron chi connectivity index (χ2n) is 7.07. The Balaban J connectivity index is 1.75. The zero-order valence-corrected chi connectivity index (χ0v) is 16.3. The molecule has 3 rings (SSSR count). The highest BCUT2D eigenvalue weighted by Crippen LogP contribution is 2.31.